The van der Waals surface area contributed by atoms with E-state index in [1.54, 1.807) is 0 Å². The molecule has 1 aromatic carbocycles. The highest BCUT2D eigenvalue weighted by molar-refractivity contribution is 7.09. The van der Waals surface area contributed by atoms with Crippen LogP contribution in [0.15, 0.2) is 29.6 Å². The molecular weight excluding hydrogens is 381 g/mol. The van der Waals surface area contributed by atoms with Gasteiger partial charge in [0.25, 0.3) is 0 Å². The van der Waals surface area contributed by atoms with Crippen LogP contribution >= 0.6 is 11.3 Å². The molecule has 0 radical (unpaired) electrons. The zero-order valence-electron chi connectivity index (χ0n) is 15.1. The fourth-order valence-corrected chi connectivity index (χ4v) is 3.21. The summed E-state index contributed by atoms with van der Waals surface area (Å²) in [6.07, 6.45) is -4.98. The van der Waals surface area contributed by atoms with Crippen LogP contribution in [0.3, 0.4) is 0 Å². The van der Waals surface area contributed by atoms with E-state index in [0.29, 0.717) is 30.2 Å². The van der Waals surface area contributed by atoms with Crippen molar-refractivity contribution in [1.82, 2.24) is 10.3 Å². The number of rotatable bonds is 10. The van der Waals surface area contributed by atoms with Gasteiger partial charge in [0.05, 0.1) is 12.3 Å². The van der Waals surface area contributed by atoms with E-state index in [1.807, 2.05) is 31.2 Å². The Morgan fingerprint density at radius 1 is 1.22 bits per heavy atom. The second kappa shape index (κ2) is 10.0. The lowest BCUT2D eigenvalue weighted by atomic mass is 10.0. The van der Waals surface area contributed by atoms with Crippen molar-refractivity contribution in [2.75, 3.05) is 33.4 Å². The summed E-state index contributed by atoms with van der Waals surface area (Å²) >= 11 is 0.572. The average molecular weight is 404 g/mol. The predicted molar refractivity (Wildman–Crippen MR) is 97.2 cm³/mol. The molecule has 2 unspecified atom stereocenters. The normalized spacial score (nSPS) is 14.1. The minimum Gasteiger partial charge on any atom is -0.491 e. The minimum atomic E-state index is -4.43. The Balaban J connectivity index is 1.85. The van der Waals surface area contributed by atoms with E-state index in [0.717, 1.165) is 5.56 Å². The van der Waals surface area contributed by atoms with Crippen molar-refractivity contribution in [3.8, 4) is 5.75 Å². The largest absolute Gasteiger partial charge is 0.491 e. The average Bonchev–Trinajstić information content (AvgIpc) is 3.14. The lowest BCUT2D eigenvalue weighted by Gasteiger charge is -2.17. The van der Waals surface area contributed by atoms with Gasteiger partial charge in [-0.2, -0.15) is 13.2 Å². The molecule has 0 aliphatic rings. The van der Waals surface area contributed by atoms with Crippen LogP contribution in [0.25, 0.3) is 0 Å². The molecule has 0 bridgehead atoms. The molecule has 150 valence electrons. The molecule has 27 heavy (non-hydrogen) atoms. The summed E-state index contributed by atoms with van der Waals surface area (Å²) in [5, 5.41) is 12.5. The molecule has 0 saturated heterocycles. The number of ether oxygens (including phenoxy) is 2. The summed E-state index contributed by atoms with van der Waals surface area (Å²) in [6, 6.07) is 7.58. The van der Waals surface area contributed by atoms with Crippen LogP contribution in [0, 0.1) is 0 Å². The SMILES string of the molecule is COC(CNCC(C)c1ccc(OCCO)cc1)c1csc(C(F)(F)F)n1. The lowest BCUT2D eigenvalue weighted by Crippen LogP contribution is -2.26. The second-order valence-corrected chi connectivity index (χ2v) is 6.86. The van der Waals surface area contributed by atoms with Crippen molar-refractivity contribution in [3.05, 3.63) is 45.9 Å². The van der Waals surface area contributed by atoms with Crippen LogP contribution < -0.4 is 10.1 Å². The summed E-state index contributed by atoms with van der Waals surface area (Å²) in [6.45, 7) is 3.25. The highest BCUT2D eigenvalue weighted by Gasteiger charge is 2.35. The lowest BCUT2D eigenvalue weighted by molar-refractivity contribution is -0.137. The van der Waals surface area contributed by atoms with Crippen LogP contribution in [0.4, 0.5) is 13.2 Å². The molecular formula is C18H23F3N2O3S. The smallest absolute Gasteiger partial charge is 0.443 e. The van der Waals surface area contributed by atoms with E-state index >= 15 is 0 Å². The highest BCUT2D eigenvalue weighted by Crippen LogP contribution is 2.33. The number of halogens is 3. The predicted octanol–water partition coefficient (Wildman–Crippen LogP) is 3.61. The van der Waals surface area contributed by atoms with Crippen LogP contribution in [0.2, 0.25) is 0 Å². The monoisotopic (exact) mass is 404 g/mol. The van der Waals surface area contributed by atoms with Gasteiger partial charge in [0.15, 0.2) is 5.01 Å². The van der Waals surface area contributed by atoms with Gasteiger partial charge in [-0.25, -0.2) is 4.98 Å². The Bertz CT molecular complexity index is 692. The first-order valence-corrected chi connectivity index (χ1v) is 9.32. The summed E-state index contributed by atoms with van der Waals surface area (Å²) in [4.78, 5) is 3.64. The first kappa shape index (κ1) is 21.6. The molecule has 0 fully saturated rings. The fraction of sp³-hybridized carbons (Fsp3) is 0.500. The van der Waals surface area contributed by atoms with Gasteiger partial charge in [-0.1, -0.05) is 19.1 Å². The maximum Gasteiger partial charge on any atom is 0.443 e. The number of aliphatic hydroxyl groups is 1. The van der Waals surface area contributed by atoms with Crippen LogP contribution in [0.5, 0.6) is 5.75 Å². The number of nitrogens with zero attached hydrogens (tertiary/aromatic N) is 1. The van der Waals surface area contributed by atoms with Crippen LogP contribution in [-0.4, -0.2) is 43.5 Å². The molecule has 0 amide bonds. The molecule has 2 N–H and O–H groups in total. The Kier molecular flexibility index (Phi) is 8.03. The number of hydrogen-bond donors (Lipinski definition) is 2. The standard InChI is InChI=1S/C18H23F3N2O3S/c1-12(13-3-5-14(6-4-13)26-8-7-24)9-22-10-16(25-2)15-11-27-17(23-15)18(19,20)21/h3-6,11-12,16,22,24H,7-10H2,1-2H3. The van der Waals surface area contributed by atoms with E-state index in [-0.39, 0.29) is 24.8 Å². The molecule has 0 aliphatic heterocycles. The maximum atomic E-state index is 12.7. The molecule has 1 heterocycles. The number of alkyl halides is 3. The van der Waals surface area contributed by atoms with Gasteiger partial charge in [0.2, 0.25) is 0 Å². The molecule has 5 nitrogen and oxygen atoms in total. The number of thiazole rings is 1. The first-order valence-electron chi connectivity index (χ1n) is 8.45. The van der Waals surface area contributed by atoms with Crippen molar-refractivity contribution in [2.45, 2.75) is 25.1 Å². The van der Waals surface area contributed by atoms with Gasteiger partial charge in [-0.05, 0) is 23.6 Å². The van der Waals surface area contributed by atoms with Crippen molar-refractivity contribution < 1.29 is 27.8 Å². The second-order valence-electron chi connectivity index (χ2n) is 6.00. The number of benzene rings is 1. The third-order valence-electron chi connectivity index (χ3n) is 3.97. The van der Waals surface area contributed by atoms with Gasteiger partial charge in [-0.15, -0.1) is 11.3 Å². The van der Waals surface area contributed by atoms with Crippen molar-refractivity contribution in [3.63, 3.8) is 0 Å². The topological polar surface area (TPSA) is 63.6 Å². The van der Waals surface area contributed by atoms with Gasteiger partial charge in [0.1, 0.15) is 18.5 Å². The van der Waals surface area contributed by atoms with Crippen molar-refractivity contribution in [1.29, 1.82) is 0 Å². The van der Waals surface area contributed by atoms with Gasteiger partial charge in [-0.3, -0.25) is 0 Å². The highest BCUT2D eigenvalue weighted by atomic mass is 32.1. The third-order valence-corrected chi connectivity index (χ3v) is 4.87. The zero-order chi connectivity index (χ0) is 19.9. The quantitative estimate of drug-likeness (QED) is 0.633. The summed E-state index contributed by atoms with van der Waals surface area (Å²) < 4.78 is 48.6. The summed E-state index contributed by atoms with van der Waals surface area (Å²) in [7, 11) is 1.45. The van der Waals surface area contributed by atoms with Crippen molar-refractivity contribution in [2.24, 2.45) is 0 Å². The van der Waals surface area contributed by atoms with Gasteiger partial charge in [0, 0.05) is 25.6 Å². The van der Waals surface area contributed by atoms with E-state index in [1.165, 1.54) is 12.5 Å². The molecule has 2 atom stereocenters. The molecule has 2 aromatic rings. The number of hydrogen-bond acceptors (Lipinski definition) is 6. The molecule has 9 heteroatoms. The Labute approximate surface area is 160 Å². The fourth-order valence-electron chi connectivity index (χ4n) is 2.48. The maximum absolute atomic E-state index is 12.7. The number of nitrogens with one attached hydrogen (secondary N) is 1. The third kappa shape index (κ3) is 6.46. The zero-order valence-corrected chi connectivity index (χ0v) is 15.9. The van der Waals surface area contributed by atoms with E-state index in [2.05, 4.69) is 10.3 Å². The van der Waals surface area contributed by atoms with Gasteiger partial charge < -0.3 is 19.9 Å². The number of aliphatic hydroxyl groups excluding tert-OH is 1. The molecule has 1 aromatic heterocycles. The molecule has 0 aliphatic carbocycles. The van der Waals surface area contributed by atoms with E-state index in [9.17, 15) is 13.2 Å². The summed E-state index contributed by atoms with van der Waals surface area (Å²) in [5.41, 5.74) is 1.38. The van der Waals surface area contributed by atoms with E-state index in [4.69, 9.17) is 14.6 Å². The number of methoxy groups -OCH3 is 1. The Morgan fingerprint density at radius 3 is 2.48 bits per heavy atom. The summed E-state index contributed by atoms with van der Waals surface area (Å²) in [5.74, 6) is 0.881. The molecule has 0 saturated carbocycles. The molecule has 2 rings (SSSR count). The Hall–Kier alpha value is -1.68. The number of aromatic nitrogens is 1. The van der Waals surface area contributed by atoms with Gasteiger partial charge >= 0.3 is 6.18 Å². The van der Waals surface area contributed by atoms with Crippen LogP contribution in [-0.2, 0) is 10.9 Å². The van der Waals surface area contributed by atoms with E-state index < -0.39 is 17.3 Å². The minimum absolute atomic E-state index is 0.0355. The first-order chi connectivity index (χ1) is 12.8. The van der Waals surface area contributed by atoms with Crippen LogP contribution in [0.1, 0.15) is 35.2 Å². The van der Waals surface area contributed by atoms with Crippen molar-refractivity contribution >= 4 is 11.3 Å². The molecule has 0 spiro atoms. The Morgan fingerprint density at radius 2 is 1.93 bits per heavy atom.